The summed E-state index contributed by atoms with van der Waals surface area (Å²) in [4.78, 5) is 10.2. The summed E-state index contributed by atoms with van der Waals surface area (Å²) < 4.78 is 13.6. The van der Waals surface area contributed by atoms with Crippen LogP contribution in [-0.4, -0.2) is 13.5 Å². The number of carbonyl (C=O) groups is 1. The van der Waals surface area contributed by atoms with Crippen molar-refractivity contribution in [3.8, 4) is 0 Å². The molecule has 0 radical (unpaired) electrons. The first kappa shape index (κ1) is 10.5. The Kier molecular flexibility index (Phi) is 3.45. The van der Waals surface area contributed by atoms with Crippen molar-refractivity contribution >= 4 is 17.8 Å². The van der Waals surface area contributed by atoms with Gasteiger partial charge in [-0.3, -0.25) is 4.79 Å². The van der Waals surface area contributed by atoms with Gasteiger partial charge in [-0.25, -0.2) is 4.39 Å². The first-order chi connectivity index (χ1) is 6.74. The number of amides is 1. The molecule has 0 spiro atoms. The first-order valence-corrected chi connectivity index (χ1v) is 4.43. The number of benzene rings is 1. The minimum atomic E-state index is -0.369. The van der Waals surface area contributed by atoms with Gasteiger partial charge in [-0.15, -0.1) is 0 Å². The van der Waals surface area contributed by atoms with Gasteiger partial charge in [0.2, 0.25) is 6.41 Å². The van der Waals surface area contributed by atoms with E-state index in [-0.39, 0.29) is 11.5 Å². The Morgan fingerprint density at radius 3 is 2.57 bits per heavy atom. The maximum Gasteiger partial charge on any atom is 0.211 e. The molecule has 0 fully saturated rings. The van der Waals surface area contributed by atoms with Crippen LogP contribution < -0.4 is 10.6 Å². The molecule has 0 saturated carbocycles. The zero-order chi connectivity index (χ0) is 10.6. The van der Waals surface area contributed by atoms with E-state index in [0.29, 0.717) is 18.4 Å². The number of hydrogen-bond donors (Lipinski definition) is 2. The Morgan fingerprint density at radius 2 is 2.07 bits per heavy atom. The number of carbonyl (C=O) groups excluding carboxylic acids is 1. The number of rotatable bonds is 4. The molecule has 4 heteroatoms. The summed E-state index contributed by atoms with van der Waals surface area (Å²) in [6, 6.07) is 3.28. The SMILES string of the molecule is CCc1c(NC)ccc(NC=O)c1F. The van der Waals surface area contributed by atoms with Gasteiger partial charge in [-0.1, -0.05) is 6.92 Å². The summed E-state index contributed by atoms with van der Waals surface area (Å²) in [6.07, 6.45) is 1.05. The Morgan fingerprint density at radius 1 is 1.43 bits per heavy atom. The van der Waals surface area contributed by atoms with Crippen molar-refractivity contribution in [2.45, 2.75) is 13.3 Å². The van der Waals surface area contributed by atoms with Gasteiger partial charge in [0, 0.05) is 18.3 Å². The molecule has 0 aromatic heterocycles. The molecular formula is C10H13FN2O. The summed E-state index contributed by atoms with van der Waals surface area (Å²) in [6.45, 7) is 1.87. The van der Waals surface area contributed by atoms with Crippen LogP contribution in [0.3, 0.4) is 0 Å². The minimum absolute atomic E-state index is 0.218. The molecule has 14 heavy (non-hydrogen) atoms. The molecule has 1 rings (SSSR count). The highest BCUT2D eigenvalue weighted by molar-refractivity contribution is 5.74. The van der Waals surface area contributed by atoms with Gasteiger partial charge in [0.1, 0.15) is 0 Å². The number of anilines is 2. The normalized spacial score (nSPS) is 9.64. The Labute approximate surface area is 82.3 Å². The van der Waals surface area contributed by atoms with Crippen LogP contribution in [0.2, 0.25) is 0 Å². The lowest BCUT2D eigenvalue weighted by atomic mass is 10.1. The fourth-order valence-electron chi connectivity index (χ4n) is 1.38. The topological polar surface area (TPSA) is 41.1 Å². The van der Waals surface area contributed by atoms with E-state index in [1.54, 1.807) is 13.1 Å². The van der Waals surface area contributed by atoms with Crippen LogP contribution in [-0.2, 0) is 11.2 Å². The smallest absolute Gasteiger partial charge is 0.211 e. The largest absolute Gasteiger partial charge is 0.388 e. The highest BCUT2D eigenvalue weighted by Gasteiger charge is 2.10. The fraction of sp³-hybridized carbons (Fsp3) is 0.300. The van der Waals surface area contributed by atoms with E-state index in [1.165, 1.54) is 6.07 Å². The second-order valence-corrected chi connectivity index (χ2v) is 2.82. The van der Waals surface area contributed by atoms with Crippen LogP contribution in [0, 0.1) is 5.82 Å². The highest BCUT2D eigenvalue weighted by atomic mass is 19.1. The third kappa shape index (κ3) is 1.84. The zero-order valence-corrected chi connectivity index (χ0v) is 8.23. The first-order valence-electron chi connectivity index (χ1n) is 4.43. The Balaban J connectivity index is 3.19. The predicted octanol–water partition coefficient (Wildman–Crippen LogP) is 2.00. The van der Waals surface area contributed by atoms with Gasteiger partial charge in [0.15, 0.2) is 5.82 Å². The van der Waals surface area contributed by atoms with Crippen LogP contribution in [0.1, 0.15) is 12.5 Å². The minimum Gasteiger partial charge on any atom is -0.388 e. The van der Waals surface area contributed by atoms with E-state index in [4.69, 9.17) is 0 Å². The molecular weight excluding hydrogens is 183 g/mol. The molecule has 0 aliphatic carbocycles. The van der Waals surface area contributed by atoms with Crippen molar-refractivity contribution < 1.29 is 9.18 Å². The van der Waals surface area contributed by atoms with E-state index in [2.05, 4.69) is 10.6 Å². The highest BCUT2D eigenvalue weighted by Crippen LogP contribution is 2.25. The van der Waals surface area contributed by atoms with Crippen molar-refractivity contribution in [3.05, 3.63) is 23.5 Å². The molecule has 3 nitrogen and oxygen atoms in total. The number of halogens is 1. The lowest BCUT2D eigenvalue weighted by molar-refractivity contribution is -0.105. The summed E-state index contributed by atoms with van der Waals surface area (Å²) in [5.41, 5.74) is 1.55. The molecule has 2 N–H and O–H groups in total. The summed E-state index contributed by atoms with van der Waals surface area (Å²) in [5.74, 6) is -0.369. The Hall–Kier alpha value is -1.58. The lowest BCUT2D eigenvalue weighted by Crippen LogP contribution is -2.03. The van der Waals surface area contributed by atoms with Gasteiger partial charge in [-0.05, 0) is 18.6 Å². The second kappa shape index (κ2) is 4.60. The molecule has 1 aromatic carbocycles. The van der Waals surface area contributed by atoms with Crippen LogP contribution in [0.15, 0.2) is 12.1 Å². The van der Waals surface area contributed by atoms with Gasteiger partial charge in [0.05, 0.1) is 5.69 Å². The molecule has 1 aromatic rings. The maximum absolute atomic E-state index is 13.6. The van der Waals surface area contributed by atoms with Crippen molar-refractivity contribution in [2.24, 2.45) is 0 Å². The lowest BCUT2D eigenvalue weighted by Gasteiger charge is -2.11. The van der Waals surface area contributed by atoms with E-state index in [0.717, 1.165) is 5.69 Å². The average molecular weight is 196 g/mol. The molecule has 0 atom stereocenters. The molecule has 0 heterocycles. The molecule has 0 bridgehead atoms. The van der Waals surface area contributed by atoms with E-state index >= 15 is 0 Å². The fourth-order valence-corrected chi connectivity index (χ4v) is 1.38. The standard InChI is InChI=1S/C10H13FN2O/c1-3-7-8(12-2)4-5-9(10(7)11)13-6-14/h4-6,12H,3H2,1-2H3,(H,13,14). The number of hydrogen-bond acceptors (Lipinski definition) is 2. The summed E-state index contributed by atoms with van der Waals surface area (Å²) in [7, 11) is 1.74. The van der Waals surface area contributed by atoms with Crippen LogP contribution in [0.25, 0.3) is 0 Å². The molecule has 76 valence electrons. The molecule has 0 unspecified atom stereocenters. The van der Waals surface area contributed by atoms with Crippen molar-refractivity contribution in [3.63, 3.8) is 0 Å². The van der Waals surface area contributed by atoms with Crippen LogP contribution >= 0.6 is 0 Å². The van der Waals surface area contributed by atoms with Crippen molar-refractivity contribution in [1.29, 1.82) is 0 Å². The van der Waals surface area contributed by atoms with Crippen molar-refractivity contribution in [2.75, 3.05) is 17.7 Å². The molecule has 0 saturated heterocycles. The van der Waals surface area contributed by atoms with Gasteiger partial charge in [-0.2, -0.15) is 0 Å². The summed E-state index contributed by atoms with van der Waals surface area (Å²) in [5, 5.41) is 5.22. The monoisotopic (exact) mass is 196 g/mol. The van der Waals surface area contributed by atoms with Crippen LogP contribution in [0.5, 0.6) is 0 Å². The van der Waals surface area contributed by atoms with Gasteiger partial charge in [0.25, 0.3) is 0 Å². The van der Waals surface area contributed by atoms with E-state index in [9.17, 15) is 9.18 Å². The molecule has 0 aliphatic heterocycles. The summed E-state index contributed by atoms with van der Waals surface area (Å²) >= 11 is 0. The molecule has 1 amide bonds. The van der Waals surface area contributed by atoms with Gasteiger partial charge >= 0.3 is 0 Å². The average Bonchev–Trinajstić information content (AvgIpc) is 2.21. The van der Waals surface area contributed by atoms with E-state index < -0.39 is 0 Å². The Bertz CT molecular complexity index is 339. The number of nitrogens with one attached hydrogen (secondary N) is 2. The van der Waals surface area contributed by atoms with Crippen LogP contribution in [0.4, 0.5) is 15.8 Å². The molecule has 0 aliphatic rings. The predicted molar refractivity (Wildman–Crippen MR) is 55.0 cm³/mol. The van der Waals surface area contributed by atoms with Gasteiger partial charge < -0.3 is 10.6 Å². The van der Waals surface area contributed by atoms with E-state index in [1.807, 2.05) is 6.92 Å². The quantitative estimate of drug-likeness (QED) is 0.723. The maximum atomic E-state index is 13.6. The third-order valence-corrected chi connectivity index (χ3v) is 2.08. The van der Waals surface area contributed by atoms with Crippen molar-refractivity contribution in [1.82, 2.24) is 0 Å². The zero-order valence-electron chi connectivity index (χ0n) is 8.23. The second-order valence-electron chi connectivity index (χ2n) is 2.82. The third-order valence-electron chi connectivity index (χ3n) is 2.08.